The Morgan fingerprint density at radius 1 is 0.895 bits per heavy atom. The van der Waals surface area contributed by atoms with Crippen molar-refractivity contribution < 1.29 is 14.6 Å². The molecule has 2 aromatic rings. The third-order valence-electron chi connectivity index (χ3n) is 3.42. The highest BCUT2D eigenvalue weighted by Crippen LogP contribution is 2.28. The number of aliphatic hydroxyl groups is 2. The molecule has 0 radical (unpaired) electrons. The smallest absolute Gasteiger partial charge is 0.123 e. The summed E-state index contributed by atoms with van der Waals surface area (Å²) in [6, 6.07) is 15.6. The van der Waals surface area contributed by atoms with Gasteiger partial charge in [-0.15, -0.1) is 0 Å². The van der Waals surface area contributed by atoms with E-state index in [0.29, 0.717) is 6.42 Å². The third kappa shape index (κ3) is 3.00. The Kier molecular flexibility index (Phi) is 4.30. The molecule has 2 rings (SSSR count). The predicted octanol–water partition coefficient (Wildman–Crippen LogP) is 2.29. The van der Waals surface area contributed by atoms with Gasteiger partial charge >= 0.3 is 0 Å². The Morgan fingerprint density at radius 2 is 1.58 bits per heavy atom. The van der Waals surface area contributed by atoms with E-state index in [9.17, 15) is 14.6 Å². The number of aliphatic hydroxyl groups excluding tert-OH is 2. The molecule has 0 heterocycles. The second-order valence-electron chi connectivity index (χ2n) is 4.77. The van der Waals surface area contributed by atoms with Crippen LogP contribution in [0.1, 0.15) is 11.1 Å². The van der Waals surface area contributed by atoms with Gasteiger partial charge in [-0.3, -0.25) is 0 Å². The fraction of sp³-hybridized carbons (Fsp3) is 0.250. The second kappa shape index (κ2) is 5.95. The summed E-state index contributed by atoms with van der Waals surface area (Å²) in [6.07, 6.45) is 0.391. The van der Waals surface area contributed by atoms with E-state index in [1.54, 1.807) is 12.1 Å². The number of rotatable bonds is 5. The lowest BCUT2D eigenvalue weighted by Gasteiger charge is -2.30. The molecule has 0 fully saturated rings. The van der Waals surface area contributed by atoms with Crippen LogP contribution in [0, 0.1) is 5.82 Å². The monoisotopic (exact) mass is 260 g/mol. The molecule has 0 aliphatic carbocycles. The first-order chi connectivity index (χ1) is 9.20. The summed E-state index contributed by atoms with van der Waals surface area (Å²) in [4.78, 5) is 0. The first kappa shape index (κ1) is 13.7. The van der Waals surface area contributed by atoms with Crippen molar-refractivity contribution in [1.29, 1.82) is 0 Å². The highest BCUT2D eigenvalue weighted by atomic mass is 19.1. The van der Waals surface area contributed by atoms with Gasteiger partial charge in [0.15, 0.2) is 0 Å². The zero-order valence-electron chi connectivity index (χ0n) is 10.6. The SMILES string of the molecule is OCC(CO)(Cc1cccc(F)c1)c1ccccc1. The highest BCUT2D eigenvalue weighted by molar-refractivity contribution is 5.30. The molecule has 0 atom stereocenters. The van der Waals surface area contributed by atoms with Gasteiger partial charge in [-0.1, -0.05) is 42.5 Å². The Hall–Kier alpha value is -1.71. The zero-order chi connectivity index (χ0) is 13.7. The van der Waals surface area contributed by atoms with Crippen LogP contribution in [0.3, 0.4) is 0 Å². The van der Waals surface area contributed by atoms with E-state index in [4.69, 9.17) is 0 Å². The quantitative estimate of drug-likeness (QED) is 0.866. The molecule has 2 nitrogen and oxygen atoms in total. The minimum atomic E-state index is -0.783. The summed E-state index contributed by atoms with van der Waals surface area (Å²) in [7, 11) is 0. The molecule has 0 saturated heterocycles. The van der Waals surface area contributed by atoms with Crippen molar-refractivity contribution in [3.8, 4) is 0 Å². The number of hydrogen-bond donors (Lipinski definition) is 2. The normalized spacial score (nSPS) is 11.5. The van der Waals surface area contributed by atoms with Crippen molar-refractivity contribution in [2.45, 2.75) is 11.8 Å². The van der Waals surface area contributed by atoms with Crippen molar-refractivity contribution in [3.63, 3.8) is 0 Å². The topological polar surface area (TPSA) is 40.5 Å². The molecule has 100 valence electrons. The van der Waals surface area contributed by atoms with Gasteiger partial charge in [0.2, 0.25) is 0 Å². The Bertz CT molecular complexity index is 521. The highest BCUT2D eigenvalue weighted by Gasteiger charge is 2.31. The summed E-state index contributed by atoms with van der Waals surface area (Å²) in [5.74, 6) is -0.310. The molecular weight excluding hydrogens is 243 g/mol. The molecule has 0 amide bonds. The number of hydrogen-bond acceptors (Lipinski definition) is 2. The van der Waals surface area contributed by atoms with Crippen molar-refractivity contribution in [2.24, 2.45) is 0 Å². The first-order valence-corrected chi connectivity index (χ1v) is 6.22. The Morgan fingerprint density at radius 3 is 2.16 bits per heavy atom. The molecule has 0 unspecified atom stereocenters. The molecule has 0 aromatic heterocycles. The fourth-order valence-corrected chi connectivity index (χ4v) is 2.28. The van der Waals surface area contributed by atoms with Gasteiger partial charge < -0.3 is 10.2 Å². The number of halogens is 1. The minimum absolute atomic E-state index is 0.190. The molecule has 0 aliphatic rings. The molecule has 0 aliphatic heterocycles. The standard InChI is InChI=1S/C16H17FO2/c17-15-8-4-5-13(9-15)10-16(11-18,12-19)14-6-2-1-3-7-14/h1-9,18-19H,10-12H2. The molecule has 0 spiro atoms. The lowest BCUT2D eigenvalue weighted by atomic mass is 9.77. The molecule has 3 heteroatoms. The average Bonchev–Trinajstić information content (AvgIpc) is 2.46. The van der Waals surface area contributed by atoms with Gasteiger partial charge in [0.05, 0.1) is 13.2 Å². The van der Waals surface area contributed by atoms with E-state index in [2.05, 4.69) is 0 Å². The Labute approximate surface area is 112 Å². The minimum Gasteiger partial charge on any atom is -0.395 e. The van der Waals surface area contributed by atoms with Crippen LogP contribution in [0.4, 0.5) is 4.39 Å². The van der Waals surface area contributed by atoms with Crippen LogP contribution in [0.2, 0.25) is 0 Å². The van der Waals surface area contributed by atoms with E-state index in [1.807, 2.05) is 30.3 Å². The van der Waals surface area contributed by atoms with Crippen molar-refractivity contribution in [3.05, 3.63) is 71.5 Å². The maximum Gasteiger partial charge on any atom is 0.123 e. The summed E-state index contributed by atoms with van der Waals surface area (Å²) in [5.41, 5.74) is 0.825. The van der Waals surface area contributed by atoms with E-state index in [0.717, 1.165) is 11.1 Å². The van der Waals surface area contributed by atoms with Crippen molar-refractivity contribution in [2.75, 3.05) is 13.2 Å². The Balaban J connectivity index is 2.35. The van der Waals surface area contributed by atoms with E-state index >= 15 is 0 Å². The van der Waals surface area contributed by atoms with Gasteiger partial charge in [-0.2, -0.15) is 0 Å². The zero-order valence-corrected chi connectivity index (χ0v) is 10.6. The van der Waals surface area contributed by atoms with Crippen LogP contribution in [0.15, 0.2) is 54.6 Å². The van der Waals surface area contributed by atoms with Crippen LogP contribution in [-0.2, 0) is 11.8 Å². The van der Waals surface area contributed by atoms with Crippen LogP contribution >= 0.6 is 0 Å². The van der Waals surface area contributed by atoms with Crippen LogP contribution in [0.5, 0.6) is 0 Å². The van der Waals surface area contributed by atoms with Crippen LogP contribution < -0.4 is 0 Å². The van der Waals surface area contributed by atoms with Crippen LogP contribution in [-0.4, -0.2) is 23.4 Å². The van der Waals surface area contributed by atoms with Crippen LogP contribution in [0.25, 0.3) is 0 Å². The number of benzene rings is 2. The van der Waals surface area contributed by atoms with Crippen molar-refractivity contribution >= 4 is 0 Å². The summed E-state index contributed by atoms with van der Waals surface area (Å²) in [5, 5.41) is 19.4. The molecule has 0 saturated carbocycles. The van der Waals surface area contributed by atoms with Gasteiger partial charge in [0, 0.05) is 5.41 Å². The summed E-state index contributed by atoms with van der Waals surface area (Å²) in [6.45, 7) is -0.381. The van der Waals surface area contributed by atoms with Gasteiger partial charge in [0.1, 0.15) is 5.82 Å². The molecular formula is C16H17FO2. The van der Waals surface area contributed by atoms with E-state index < -0.39 is 5.41 Å². The maximum atomic E-state index is 13.2. The predicted molar refractivity (Wildman–Crippen MR) is 72.4 cm³/mol. The lowest BCUT2D eigenvalue weighted by molar-refractivity contribution is 0.116. The third-order valence-corrected chi connectivity index (χ3v) is 3.42. The fourth-order valence-electron chi connectivity index (χ4n) is 2.28. The van der Waals surface area contributed by atoms with E-state index in [-0.39, 0.29) is 19.0 Å². The molecule has 2 N–H and O–H groups in total. The first-order valence-electron chi connectivity index (χ1n) is 6.22. The summed E-state index contributed by atoms with van der Waals surface area (Å²) >= 11 is 0. The van der Waals surface area contributed by atoms with Gasteiger partial charge in [0.25, 0.3) is 0 Å². The lowest BCUT2D eigenvalue weighted by Crippen LogP contribution is -2.37. The summed E-state index contributed by atoms with van der Waals surface area (Å²) < 4.78 is 13.2. The van der Waals surface area contributed by atoms with Gasteiger partial charge in [-0.05, 0) is 29.7 Å². The second-order valence-corrected chi connectivity index (χ2v) is 4.77. The molecule has 0 bridgehead atoms. The van der Waals surface area contributed by atoms with Crippen molar-refractivity contribution in [1.82, 2.24) is 0 Å². The molecule has 19 heavy (non-hydrogen) atoms. The molecule has 2 aromatic carbocycles. The largest absolute Gasteiger partial charge is 0.395 e. The van der Waals surface area contributed by atoms with E-state index in [1.165, 1.54) is 12.1 Å². The van der Waals surface area contributed by atoms with Gasteiger partial charge in [-0.25, -0.2) is 4.39 Å². The maximum absolute atomic E-state index is 13.2. The average molecular weight is 260 g/mol.